The van der Waals surface area contributed by atoms with Gasteiger partial charge in [0.15, 0.2) is 0 Å². The van der Waals surface area contributed by atoms with Crippen LogP contribution in [0.2, 0.25) is 0 Å². The molecule has 0 bridgehead atoms. The number of benzene rings is 1. The van der Waals surface area contributed by atoms with E-state index in [1.165, 1.54) is 6.92 Å². The minimum atomic E-state index is -0.759. The molecule has 0 spiro atoms. The van der Waals surface area contributed by atoms with Gasteiger partial charge in [-0.3, -0.25) is 9.59 Å². The molecular weight excluding hydrogens is 256 g/mol. The molecule has 2 amide bonds. The van der Waals surface area contributed by atoms with Gasteiger partial charge >= 0.3 is 11.8 Å². The minimum Gasteiger partial charge on any atom is -0.392 e. The molecule has 0 aliphatic carbocycles. The molecule has 3 N–H and O–H groups in total. The van der Waals surface area contributed by atoms with Gasteiger partial charge in [0.2, 0.25) is 0 Å². The summed E-state index contributed by atoms with van der Waals surface area (Å²) in [5.41, 5.74) is 1.75. The second-order valence-corrected chi connectivity index (χ2v) is 5.84. The van der Waals surface area contributed by atoms with Crippen molar-refractivity contribution >= 4 is 17.5 Å². The molecule has 0 saturated carbocycles. The summed E-state index contributed by atoms with van der Waals surface area (Å²) in [6.45, 7) is 7.89. The Morgan fingerprint density at radius 2 is 1.70 bits per heavy atom. The molecule has 1 rings (SSSR count). The number of aliphatic hydroxyl groups is 1. The van der Waals surface area contributed by atoms with Crippen LogP contribution in [0.25, 0.3) is 0 Å². The summed E-state index contributed by atoms with van der Waals surface area (Å²) < 4.78 is 0. The van der Waals surface area contributed by atoms with Crippen molar-refractivity contribution in [2.45, 2.75) is 39.2 Å². The zero-order valence-electron chi connectivity index (χ0n) is 12.4. The van der Waals surface area contributed by atoms with Gasteiger partial charge in [0.05, 0.1) is 6.10 Å². The predicted molar refractivity (Wildman–Crippen MR) is 78.5 cm³/mol. The average molecular weight is 278 g/mol. The van der Waals surface area contributed by atoms with Crippen LogP contribution >= 0.6 is 0 Å². The van der Waals surface area contributed by atoms with E-state index in [0.29, 0.717) is 5.69 Å². The van der Waals surface area contributed by atoms with E-state index in [0.717, 1.165) is 5.56 Å². The van der Waals surface area contributed by atoms with Crippen molar-refractivity contribution in [1.29, 1.82) is 0 Å². The Hall–Kier alpha value is -1.88. The van der Waals surface area contributed by atoms with E-state index < -0.39 is 17.9 Å². The average Bonchev–Trinajstić information content (AvgIpc) is 2.35. The van der Waals surface area contributed by atoms with E-state index in [-0.39, 0.29) is 12.0 Å². The summed E-state index contributed by atoms with van der Waals surface area (Å²) in [5, 5.41) is 13.9. The van der Waals surface area contributed by atoms with Gasteiger partial charge in [-0.2, -0.15) is 0 Å². The van der Waals surface area contributed by atoms with Gasteiger partial charge in [-0.15, -0.1) is 0 Å². The number of carbonyl (C=O) groups is 2. The van der Waals surface area contributed by atoms with E-state index in [1.807, 2.05) is 12.1 Å². The van der Waals surface area contributed by atoms with Crippen LogP contribution in [0.5, 0.6) is 0 Å². The van der Waals surface area contributed by atoms with E-state index in [2.05, 4.69) is 31.4 Å². The highest BCUT2D eigenvalue weighted by Gasteiger charge is 2.15. The molecule has 0 saturated heterocycles. The molecule has 0 aliphatic rings. The topological polar surface area (TPSA) is 78.4 Å². The largest absolute Gasteiger partial charge is 0.392 e. The van der Waals surface area contributed by atoms with Crippen LogP contribution in [0.3, 0.4) is 0 Å². The van der Waals surface area contributed by atoms with E-state index in [4.69, 9.17) is 5.11 Å². The van der Waals surface area contributed by atoms with Crippen LogP contribution in [0.1, 0.15) is 33.3 Å². The van der Waals surface area contributed by atoms with Gasteiger partial charge in [-0.05, 0) is 30.0 Å². The SMILES string of the molecule is C[C@@H](O)CNC(=O)C(=O)Nc1ccc(C(C)(C)C)cc1. The molecule has 0 radical (unpaired) electrons. The van der Waals surface area contributed by atoms with Gasteiger partial charge in [0.25, 0.3) is 0 Å². The molecule has 0 aliphatic heterocycles. The molecule has 5 nitrogen and oxygen atoms in total. The lowest BCUT2D eigenvalue weighted by molar-refractivity contribution is -0.136. The van der Waals surface area contributed by atoms with Crippen LogP contribution in [0.15, 0.2) is 24.3 Å². The first kappa shape index (κ1) is 16.2. The summed E-state index contributed by atoms with van der Waals surface area (Å²) in [6, 6.07) is 7.37. The molecule has 1 atom stereocenters. The minimum absolute atomic E-state index is 0.0389. The van der Waals surface area contributed by atoms with E-state index >= 15 is 0 Å². The van der Waals surface area contributed by atoms with Crippen LogP contribution in [0, 0.1) is 0 Å². The Morgan fingerprint density at radius 3 is 2.15 bits per heavy atom. The van der Waals surface area contributed by atoms with Crippen molar-refractivity contribution in [1.82, 2.24) is 5.32 Å². The number of hydrogen-bond acceptors (Lipinski definition) is 3. The molecule has 0 fully saturated rings. The highest BCUT2D eigenvalue weighted by Crippen LogP contribution is 2.23. The van der Waals surface area contributed by atoms with Crippen LogP contribution < -0.4 is 10.6 Å². The molecule has 1 aromatic rings. The third kappa shape index (κ3) is 5.01. The van der Waals surface area contributed by atoms with Crippen LogP contribution in [-0.4, -0.2) is 29.6 Å². The van der Waals surface area contributed by atoms with E-state index in [1.54, 1.807) is 12.1 Å². The fourth-order valence-corrected chi connectivity index (χ4v) is 1.56. The quantitative estimate of drug-likeness (QED) is 0.732. The zero-order valence-corrected chi connectivity index (χ0v) is 12.4. The summed E-state index contributed by atoms with van der Waals surface area (Å²) >= 11 is 0. The number of nitrogens with one attached hydrogen (secondary N) is 2. The Bertz CT molecular complexity index is 473. The molecule has 5 heteroatoms. The maximum Gasteiger partial charge on any atom is 0.313 e. The lowest BCUT2D eigenvalue weighted by atomic mass is 9.87. The van der Waals surface area contributed by atoms with Crippen molar-refractivity contribution < 1.29 is 14.7 Å². The number of rotatable bonds is 3. The second-order valence-electron chi connectivity index (χ2n) is 5.84. The highest BCUT2D eigenvalue weighted by atomic mass is 16.3. The first-order valence-electron chi connectivity index (χ1n) is 6.58. The normalized spacial score (nSPS) is 12.7. The Labute approximate surface area is 119 Å². The number of hydrogen-bond donors (Lipinski definition) is 3. The monoisotopic (exact) mass is 278 g/mol. The summed E-state index contributed by atoms with van der Waals surface area (Å²) in [7, 11) is 0. The summed E-state index contributed by atoms with van der Waals surface area (Å²) in [6.07, 6.45) is -0.683. The van der Waals surface area contributed by atoms with Crippen molar-refractivity contribution in [3.8, 4) is 0 Å². The lowest BCUT2D eigenvalue weighted by Crippen LogP contribution is -2.38. The predicted octanol–water partition coefficient (Wildman–Crippen LogP) is 1.42. The molecule has 110 valence electrons. The number of amides is 2. The van der Waals surface area contributed by atoms with Crippen LogP contribution in [-0.2, 0) is 15.0 Å². The van der Waals surface area contributed by atoms with Gasteiger partial charge in [0.1, 0.15) is 0 Å². The highest BCUT2D eigenvalue weighted by molar-refractivity contribution is 6.39. The third-order valence-corrected chi connectivity index (χ3v) is 2.77. The number of anilines is 1. The van der Waals surface area contributed by atoms with Crippen molar-refractivity contribution in [3.63, 3.8) is 0 Å². The fourth-order valence-electron chi connectivity index (χ4n) is 1.56. The fraction of sp³-hybridized carbons (Fsp3) is 0.467. The molecular formula is C15H22N2O3. The van der Waals surface area contributed by atoms with Crippen LogP contribution in [0.4, 0.5) is 5.69 Å². The Morgan fingerprint density at radius 1 is 1.15 bits per heavy atom. The maximum atomic E-state index is 11.6. The second kappa shape index (κ2) is 6.52. The van der Waals surface area contributed by atoms with Crippen molar-refractivity contribution in [3.05, 3.63) is 29.8 Å². The van der Waals surface area contributed by atoms with E-state index in [9.17, 15) is 9.59 Å². The standard InChI is InChI=1S/C15H22N2O3/c1-10(18)9-16-13(19)14(20)17-12-7-5-11(6-8-12)15(2,3)4/h5-8,10,18H,9H2,1-4H3,(H,16,19)(H,17,20)/t10-/m1/s1. The number of aliphatic hydroxyl groups excluding tert-OH is 1. The summed E-state index contributed by atoms with van der Waals surface area (Å²) in [5.74, 6) is -1.50. The van der Waals surface area contributed by atoms with Gasteiger partial charge in [-0.25, -0.2) is 0 Å². The van der Waals surface area contributed by atoms with Crippen molar-refractivity contribution in [2.24, 2.45) is 0 Å². The molecule has 0 aromatic heterocycles. The van der Waals surface area contributed by atoms with Gasteiger partial charge in [0, 0.05) is 12.2 Å². The first-order chi connectivity index (χ1) is 9.20. The Balaban J connectivity index is 2.60. The first-order valence-corrected chi connectivity index (χ1v) is 6.58. The Kier molecular flexibility index (Phi) is 5.27. The lowest BCUT2D eigenvalue weighted by Gasteiger charge is -2.19. The zero-order chi connectivity index (χ0) is 15.3. The van der Waals surface area contributed by atoms with Gasteiger partial charge in [-0.1, -0.05) is 32.9 Å². The number of carbonyl (C=O) groups excluding carboxylic acids is 2. The van der Waals surface area contributed by atoms with Gasteiger partial charge < -0.3 is 15.7 Å². The summed E-state index contributed by atoms with van der Waals surface area (Å²) in [4.78, 5) is 23.0. The molecule has 1 aromatic carbocycles. The smallest absolute Gasteiger partial charge is 0.313 e. The van der Waals surface area contributed by atoms with Crippen molar-refractivity contribution in [2.75, 3.05) is 11.9 Å². The molecule has 20 heavy (non-hydrogen) atoms. The molecule has 0 unspecified atom stereocenters. The third-order valence-electron chi connectivity index (χ3n) is 2.77. The molecule has 0 heterocycles. The maximum absolute atomic E-state index is 11.6.